The van der Waals surface area contributed by atoms with Crippen molar-refractivity contribution < 1.29 is 32.2 Å². The summed E-state index contributed by atoms with van der Waals surface area (Å²) in [4.78, 5) is 32.8. The molecule has 6 rings (SSSR count). The molecule has 0 spiro atoms. The van der Waals surface area contributed by atoms with Gasteiger partial charge < -0.3 is 19.1 Å². The third-order valence-corrected chi connectivity index (χ3v) is 8.90. The molecule has 2 aromatic heterocycles. The van der Waals surface area contributed by atoms with Crippen LogP contribution in [0.4, 0.5) is 13.2 Å². The zero-order valence-corrected chi connectivity index (χ0v) is 27.4. The average Bonchev–Trinajstić information content (AvgIpc) is 3.12. The van der Waals surface area contributed by atoms with Crippen molar-refractivity contribution in [1.29, 1.82) is 0 Å². The van der Waals surface area contributed by atoms with Gasteiger partial charge in [-0.1, -0.05) is 60.7 Å². The van der Waals surface area contributed by atoms with Gasteiger partial charge in [0.2, 0.25) is 11.8 Å². The lowest BCUT2D eigenvalue weighted by molar-refractivity contribution is -0.154. The van der Waals surface area contributed by atoms with E-state index >= 15 is 0 Å². The fourth-order valence-corrected chi connectivity index (χ4v) is 6.87. The standard InChI is InChI=1S/C36H39F3N6O4/c1-3-48-35-41-32(47-2)29(33(42-35)49-24-36(37,38)39)22-43-20-28-21-44(34(46)27-15-10-16-40-19-27)17-18-45(28)30(23-43)31(25-11-6-4-7-12-25)26-13-8-5-9-14-26/h4-16,19,28,30-31H,3,17-18,20-24H2,1-2H3/t28-,30?/m1/s1. The maximum Gasteiger partial charge on any atom is 0.422 e. The number of benzene rings is 2. The predicted molar refractivity (Wildman–Crippen MR) is 176 cm³/mol. The van der Waals surface area contributed by atoms with E-state index in [1.54, 1.807) is 31.5 Å². The van der Waals surface area contributed by atoms with E-state index in [0.717, 1.165) is 11.1 Å². The highest BCUT2D eigenvalue weighted by Crippen LogP contribution is 2.38. The molecule has 1 unspecified atom stereocenters. The van der Waals surface area contributed by atoms with Crippen molar-refractivity contribution in [2.24, 2.45) is 0 Å². The summed E-state index contributed by atoms with van der Waals surface area (Å²) >= 11 is 0. The van der Waals surface area contributed by atoms with Gasteiger partial charge in [0, 0.05) is 69.7 Å². The summed E-state index contributed by atoms with van der Waals surface area (Å²) < 4.78 is 56.3. The molecule has 0 bridgehead atoms. The van der Waals surface area contributed by atoms with Crippen molar-refractivity contribution >= 4 is 5.91 Å². The number of hydrogen-bond donors (Lipinski definition) is 0. The van der Waals surface area contributed by atoms with Crippen molar-refractivity contribution in [3.8, 4) is 17.8 Å². The number of rotatable bonds is 11. The smallest absolute Gasteiger partial charge is 0.422 e. The van der Waals surface area contributed by atoms with Crippen LogP contribution in [0.3, 0.4) is 0 Å². The molecule has 2 aliphatic heterocycles. The first kappa shape index (κ1) is 34.1. The fraction of sp³-hybridized carbons (Fsp3) is 0.389. The van der Waals surface area contributed by atoms with E-state index in [2.05, 4.69) is 49.0 Å². The van der Waals surface area contributed by atoms with Gasteiger partial charge in [0.05, 0.1) is 24.8 Å². The highest BCUT2D eigenvalue weighted by molar-refractivity contribution is 5.94. The molecule has 2 aromatic carbocycles. The molecule has 13 heteroatoms. The third-order valence-electron chi connectivity index (χ3n) is 8.90. The minimum absolute atomic E-state index is 0.0345. The molecule has 4 heterocycles. The van der Waals surface area contributed by atoms with Gasteiger partial charge in [-0.3, -0.25) is 19.6 Å². The van der Waals surface area contributed by atoms with Crippen LogP contribution in [0.15, 0.2) is 85.2 Å². The van der Waals surface area contributed by atoms with Gasteiger partial charge >= 0.3 is 12.2 Å². The molecule has 1 amide bonds. The lowest BCUT2D eigenvalue weighted by Crippen LogP contribution is -2.67. The Morgan fingerprint density at radius 2 is 1.59 bits per heavy atom. The van der Waals surface area contributed by atoms with E-state index in [-0.39, 0.29) is 60.4 Å². The van der Waals surface area contributed by atoms with Crippen LogP contribution in [0.5, 0.6) is 17.8 Å². The van der Waals surface area contributed by atoms with E-state index in [9.17, 15) is 18.0 Å². The lowest BCUT2D eigenvalue weighted by Gasteiger charge is -2.53. The predicted octanol–water partition coefficient (Wildman–Crippen LogP) is 5.06. The molecule has 4 aromatic rings. The van der Waals surface area contributed by atoms with Gasteiger partial charge in [-0.2, -0.15) is 23.1 Å². The van der Waals surface area contributed by atoms with Crippen LogP contribution in [0.1, 0.15) is 39.9 Å². The lowest BCUT2D eigenvalue weighted by atomic mass is 9.81. The molecular weight excluding hydrogens is 637 g/mol. The molecule has 0 radical (unpaired) electrons. The zero-order valence-electron chi connectivity index (χ0n) is 27.4. The first-order valence-corrected chi connectivity index (χ1v) is 16.3. The summed E-state index contributed by atoms with van der Waals surface area (Å²) in [6.45, 7) is 3.31. The fourth-order valence-electron chi connectivity index (χ4n) is 6.87. The number of ether oxygens (including phenoxy) is 3. The first-order valence-electron chi connectivity index (χ1n) is 16.3. The summed E-state index contributed by atoms with van der Waals surface area (Å²) in [6.07, 6.45) is -1.37. The summed E-state index contributed by atoms with van der Waals surface area (Å²) in [6, 6.07) is 23.8. The number of methoxy groups -OCH3 is 1. The van der Waals surface area contributed by atoms with E-state index in [1.807, 2.05) is 41.3 Å². The van der Waals surface area contributed by atoms with Crippen LogP contribution >= 0.6 is 0 Å². The highest BCUT2D eigenvalue weighted by atomic mass is 19.4. The Morgan fingerprint density at radius 3 is 2.20 bits per heavy atom. The van der Waals surface area contributed by atoms with Gasteiger partial charge in [-0.05, 0) is 30.2 Å². The number of piperazine rings is 2. The van der Waals surface area contributed by atoms with Crippen LogP contribution < -0.4 is 14.2 Å². The molecule has 2 fully saturated rings. The molecule has 0 aliphatic carbocycles. The minimum Gasteiger partial charge on any atom is -0.481 e. The maximum absolute atomic E-state index is 13.6. The summed E-state index contributed by atoms with van der Waals surface area (Å²) in [5, 5.41) is 0. The Labute approximate surface area is 283 Å². The Balaban J connectivity index is 1.38. The second kappa shape index (κ2) is 15.2. The number of halogens is 3. The number of fused-ring (bicyclic) bond motifs is 1. The first-order chi connectivity index (χ1) is 23.7. The van der Waals surface area contributed by atoms with Crippen LogP contribution in [0, 0.1) is 0 Å². The number of aromatic nitrogens is 3. The van der Waals surface area contributed by atoms with Crippen molar-refractivity contribution in [3.05, 3.63) is 107 Å². The number of carbonyl (C=O) groups excluding carboxylic acids is 1. The average molecular weight is 677 g/mol. The van der Waals surface area contributed by atoms with Gasteiger partial charge in [0.25, 0.3) is 5.91 Å². The normalized spacial score (nSPS) is 18.6. The largest absolute Gasteiger partial charge is 0.481 e. The number of carbonyl (C=O) groups is 1. The van der Waals surface area contributed by atoms with E-state index in [1.165, 1.54) is 7.11 Å². The summed E-state index contributed by atoms with van der Waals surface area (Å²) in [7, 11) is 1.40. The van der Waals surface area contributed by atoms with Crippen LogP contribution in [0.2, 0.25) is 0 Å². The second-order valence-corrected chi connectivity index (χ2v) is 12.1. The van der Waals surface area contributed by atoms with E-state index in [0.29, 0.717) is 38.3 Å². The minimum atomic E-state index is -4.58. The van der Waals surface area contributed by atoms with Gasteiger partial charge in [-0.15, -0.1) is 0 Å². The maximum atomic E-state index is 13.6. The third kappa shape index (κ3) is 8.11. The molecule has 0 N–H and O–H groups in total. The summed E-state index contributed by atoms with van der Waals surface area (Å²) in [5.74, 6) is -0.290. The van der Waals surface area contributed by atoms with E-state index < -0.39 is 12.8 Å². The van der Waals surface area contributed by atoms with E-state index in [4.69, 9.17) is 14.2 Å². The molecule has 2 aliphatic rings. The monoisotopic (exact) mass is 676 g/mol. The van der Waals surface area contributed by atoms with Crippen molar-refractivity contribution in [1.82, 2.24) is 29.7 Å². The van der Waals surface area contributed by atoms with Crippen molar-refractivity contribution in [3.63, 3.8) is 0 Å². The van der Waals surface area contributed by atoms with Gasteiger partial charge in [-0.25, -0.2) is 0 Å². The Bertz CT molecular complexity index is 1640. The van der Waals surface area contributed by atoms with Crippen LogP contribution in [-0.4, -0.2) is 107 Å². The highest BCUT2D eigenvalue weighted by Gasteiger charge is 2.43. The SMILES string of the molecule is CCOc1nc(OC)c(CN2CC(C(c3ccccc3)c3ccccc3)N3CCN(C(=O)c4cccnc4)C[C@H]3C2)c(OCC(F)(F)F)n1. The molecule has 10 nitrogen and oxygen atoms in total. The number of amides is 1. The number of alkyl halides is 3. The van der Waals surface area contributed by atoms with Crippen LogP contribution in [-0.2, 0) is 6.54 Å². The van der Waals surface area contributed by atoms with Crippen molar-refractivity contribution in [2.45, 2.75) is 37.6 Å². The van der Waals surface area contributed by atoms with Gasteiger partial charge in [0.15, 0.2) is 6.61 Å². The number of pyridine rings is 1. The Hall–Kier alpha value is -4.75. The zero-order chi connectivity index (χ0) is 34.4. The topological polar surface area (TPSA) is 93.2 Å². The molecule has 0 saturated carbocycles. The molecule has 258 valence electrons. The number of hydrogen-bond acceptors (Lipinski definition) is 9. The van der Waals surface area contributed by atoms with Crippen LogP contribution in [0.25, 0.3) is 0 Å². The molecule has 2 atom stereocenters. The molecular formula is C36H39F3N6O4. The van der Waals surface area contributed by atoms with Crippen molar-refractivity contribution in [2.75, 3.05) is 53.0 Å². The second-order valence-electron chi connectivity index (χ2n) is 12.1. The summed E-state index contributed by atoms with van der Waals surface area (Å²) in [5.41, 5.74) is 3.10. The van der Waals surface area contributed by atoms with Gasteiger partial charge in [0.1, 0.15) is 0 Å². The quantitative estimate of drug-likeness (QED) is 0.216. The molecule has 49 heavy (non-hydrogen) atoms. The molecule has 2 saturated heterocycles. The number of nitrogens with zero attached hydrogens (tertiary/aromatic N) is 6. The Morgan fingerprint density at radius 1 is 0.898 bits per heavy atom. The Kier molecular flexibility index (Phi) is 10.6.